The minimum Gasteiger partial charge on any atom is -0.481 e. The quantitative estimate of drug-likeness (QED) is 0.783. The van der Waals surface area contributed by atoms with Crippen LogP contribution in [0.2, 0.25) is 0 Å². The van der Waals surface area contributed by atoms with E-state index in [-0.39, 0.29) is 11.7 Å². The number of nitrogens with one attached hydrogen (secondary N) is 1. The summed E-state index contributed by atoms with van der Waals surface area (Å²) in [7, 11) is 0. The van der Waals surface area contributed by atoms with Crippen LogP contribution in [0.25, 0.3) is 0 Å². The summed E-state index contributed by atoms with van der Waals surface area (Å²) in [5.41, 5.74) is 1.61. The standard InChI is InChI=1S/C11H12FNO2/c1-6(11(14)15)9-5-13-10-3-2-7(12)4-8(9)10/h2-4,6,9,13H,5H2,1H3,(H,14,15). The van der Waals surface area contributed by atoms with Crippen molar-refractivity contribution in [1.82, 2.24) is 0 Å². The monoisotopic (exact) mass is 209 g/mol. The van der Waals surface area contributed by atoms with Gasteiger partial charge in [-0.1, -0.05) is 6.92 Å². The van der Waals surface area contributed by atoms with Crippen molar-refractivity contribution in [3.05, 3.63) is 29.6 Å². The lowest BCUT2D eigenvalue weighted by molar-refractivity contribution is -0.141. The Morgan fingerprint density at radius 3 is 3.07 bits per heavy atom. The number of hydrogen-bond acceptors (Lipinski definition) is 2. The van der Waals surface area contributed by atoms with E-state index >= 15 is 0 Å². The fourth-order valence-corrected chi connectivity index (χ4v) is 1.95. The first-order valence-corrected chi connectivity index (χ1v) is 4.85. The van der Waals surface area contributed by atoms with Crippen LogP contribution in [0.5, 0.6) is 0 Å². The first-order chi connectivity index (χ1) is 7.09. The molecule has 1 aliphatic heterocycles. The first kappa shape index (κ1) is 9.96. The molecule has 1 heterocycles. The Morgan fingerprint density at radius 2 is 2.40 bits per heavy atom. The summed E-state index contributed by atoms with van der Waals surface area (Å²) in [6, 6.07) is 4.44. The van der Waals surface area contributed by atoms with Crippen molar-refractivity contribution < 1.29 is 14.3 Å². The average Bonchev–Trinajstić information content (AvgIpc) is 2.59. The molecule has 2 N–H and O–H groups in total. The highest BCUT2D eigenvalue weighted by Gasteiger charge is 2.31. The summed E-state index contributed by atoms with van der Waals surface area (Å²) in [4.78, 5) is 10.9. The second kappa shape index (κ2) is 3.53. The van der Waals surface area contributed by atoms with Crippen LogP contribution in [0, 0.1) is 11.7 Å². The number of halogens is 1. The lowest BCUT2D eigenvalue weighted by Crippen LogP contribution is -2.20. The van der Waals surface area contributed by atoms with Crippen molar-refractivity contribution >= 4 is 11.7 Å². The maximum atomic E-state index is 13.0. The molecule has 0 fully saturated rings. The Labute approximate surface area is 86.9 Å². The molecule has 0 radical (unpaired) electrons. The van der Waals surface area contributed by atoms with Gasteiger partial charge in [0.2, 0.25) is 0 Å². The van der Waals surface area contributed by atoms with E-state index in [2.05, 4.69) is 5.32 Å². The maximum absolute atomic E-state index is 13.0. The summed E-state index contributed by atoms with van der Waals surface area (Å²) < 4.78 is 13.0. The Bertz CT molecular complexity index is 406. The van der Waals surface area contributed by atoms with Crippen molar-refractivity contribution in [3.63, 3.8) is 0 Å². The van der Waals surface area contributed by atoms with Crippen molar-refractivity contribution in [2.75, 3.05) is 11.9 Å². The van der Waals surface area contributed by atoms with E-state index in [1.165, 1.54) is 12.1 Å². The summed E-state index contributed by atoms with van der Waals surface area (Å²) >= 11 is 0. The van der Waals surface area contributed by atoms with Gasteiger partial charge in [0.15, 0.2) is 0 Å². The van der Waals surface area contributed by atoms with E-state index in [1.807, 2.05) is 0 Å². The van der Waals surface area contributed by atoms with Gasteiger partial charge >= 0.3 is 5.97 Å². The summed E-state index contributed by atoms with van der Waals surface area (Å²) in [5, 5.41) is 12.0. The molecular formula is C11H12FNO2. The van der Waals surface area contributed by atoms with Gasteiger partial charge in [-0.05, 0) is 23.8 Å². The largest absolute Gasteiger partial charge is 0.481 e. The van der Waals surface area contributed by atoms with E-state index in [4.69, 9.17) is 5.11 Å². The SMILES string of the molecule is CC(C(=O)O)C1CNc2ccc(F)cc21. The third-order valence-corrected chi connectivity index (χ3v) is 2.92. The molecule has 2 unspecified atom stereocenters. The van der Waals surface area contributed by atoms with Crippen LogP contribution >= 0.6 is 0 Å². The van der Waals surface area contributed by atoms with E-state index < -0.39 is 11.9 Å². The Kier molecular flexibility index (Phi) is 2.34. The minimum absolute atomic E-state index is 0.145. The fraction of sp³-hybridized carbons (Fsp3) is 0.364. The molecule has 0 saturated heterocycles. The van der Waals surface area contributed by atoms with Crippen LogP contribution in [-0.2, 0) is 4.79 Å². The van der Waals surface area contributed by atoms with E-state index in [0.29, 0.717) is 6.54 Å². The molecule has 1 aromatic carbocycles. The highest BCUT2D eigenvalue weighted by molar-refractivity contribution is 5.73. The fourth-order valence-electron chi connectivity index (χ4n) is 1.95. The van der Waals surface area contributed by atoms with E-state index in [0.717, 1.165) is 11.3 Å². The third kappa shape index (κ3) is 1.67. The summed E-state index contributed by atoms with van der Waals surface area (Å²) in [5.74, 6) is -1.81. The van der Waals surface area contributed by atoms with Gasteiger partial charge < -0.3 is 10.4 Å². The van der Waals surface area contributed by atoms with Crippen molar-refractivity contribution in [2.45, 2.75) is 12.8 Å². The van der Waals surface area contributed by atoms with Crippen LogP contribution in [-0.4, -0.2) is 17.6 Å². The highest BCUT2D eigenvalue weighted by atomic mass is 19.1. The van der Waals surface area contributed by atoms with Crippen LogP contribution in [0.4, 0.5) is 10.1 Å². The van der Waals surface area contributed by atoms with Crippen LogP contribution in [0.3, 0.4) is 0 Å². The predicted molar refractivity (Wildman–Crippen MR) is 54.4 cm³/mol. The number of benzene rings is 1. The zero-order chi connectivity index (χ0) is 11.0. The Hall–Kier alpha value is -1.58. The number of carboxylic acids is 1. The molecule has 2 rings (SSSR count). The normalized spacial score (nSPS) is 20.5. The molecule has 0 bridgehead atoms. The van der Waals surface area contributed by atoms with Crippen LogP contribution < -0.4 is 5.32 Å². The molecule has 3 nitrogen and oxygen atoms in total. The molecule has 1 aliphatic rings. The molecular weight excluding hydrogens is 197 g/mol. The molecule has 0 aliphatic carbocycles. The number of carboxylic acid groups (broad SMARTS) is 1. The second-order valence-corrected chi connectivity index (χ2v) is 3.85. The van der Waals surface area contributed by atoms with Crippen LogP contribution in [0.15, 0.2) is 18.2 Å². The van der Waals surface area contributed by atoms with Gasteiger partial charge in [-0.25, -0.2) is 4.39 Å². The number of fused-ring (bicyclic) bond motifs is 1. The molecule has 0 aromatic heterocycles. The van der Waals surface area contributed by atoms with Crippen molar-refractivity contribution in [1.29, 1.82) is 0 Å². The molecule has 15 heavy (non-hydrogen) atoms. The molecule has 0 amide bonds. The Morgan fingerprint density at radius 1 is 1.67 bits per heavy atom. The second-order valence-electron chi connectivity index (χ2n) is 3.85. The number of hydrogen-bond donors (Lipinski definition) is 2. The molecule has 0 spiro atoms. The van der Waals surface area contributed by atoms with Crippen molar-refractivity contribution in [3.8, 4) is 0 Å². The topological polar surface area (TPSA) is 49.3 Å². The van der Waals surface area contributed by atoms with Gasteiger partial charge in [-0.3, -0.25) is 4.79 Å². The van der Waals surface area contributed by atoms with Gasteiger partial charge in [0.05, 0.1) is 5.92 Å². The average molecular weight is 209 g/mol. The maximum Gasteiger partial charge on any atom is 0.306 e. The molecule has 2 atom stereocenters. The van der Waals surface area contributed by atoms with Crippen molar-refractivity contribution in [2.24, 2.45) is 5.92 Å². The number of rotatable bonds is 2. The molecule has 80 valence electrons. The molecule has 4 heteroatoms. The predicted octanol–water partition coefficient (Wildman–Crippen LogP) is 2.06. The lowest BCUT2D eigenvalue weighted by atomic mass is 9.89. The molecule has 0 saturated carbocycles. The molecule has 1 aromatic rings. The summed E-state index contributed by atoms with van der Waals surface area (Å²) in [6.07, 6.45) is 0. The zero-order valence-electron chi connectivity index (χ0n) is 8.33. The smallest absolute Gasteiger partial charge is 0.306 e. The van der Waals surface area contributed by atoms with E-state index in [9.17, 15) is 9.18 Å². The van der Waals surface area contributed by atoms with Gasteiger partial charge in [-0.15, -0.1) is 0 Å². The summed E-state index contributed by atoms with van der Waals surface area (Å²) in [6.45, 7) is 2.21. The van der Waals surface area contributed by atoms with Gasteiger partial charge in [0.1, 0.15) is 5.82 Å². The zero-order valence-corrected chi connectivity index (χ0v) is 8.33. The highest BCUT2D eigenvalue weighted by Crippen LogP contribution is 2.36. The first-order valence-electron chi connectivity index (χ1n) is 4.85. The lowest BCUT2D eigenvalue weighted by Gasteiger charge is -2.14. The number of anilines is 1. The van der Waals surface area contributed by atoms with E-state index in [1.54, 1.807) is 13.0 Å². The van der Waals surface area contributed by atoms with Gasteiger partial charge in [0, 0.05) is 18.2 Å². The Balaban J connectivity index is 2.35. The number of aliphatic carboxylic acids is 1. The van der Waals surface area contributed by atoms with Crippen LogP contribution in [0.1, 0.15) is 18.4 Å². The van der Waals surface area contributed by atoms with Gasteiger partial charge in [-0.2, -0.15) is 0 Å². The third-order valence-electron chi connectivity index (χ3n) is 2.92. The minimum atomic E-state index is -0.848. The van der Waals surface area contributed by atoms with Gasteiger partial charge in [0.25, 0.3) is 0 Å². The number of carbonyl (C=O) groups is 1.